The molecule has 0 radical (unpaired) electrons. The van der Waals surface area contributed by atoms with Gasteiger partial charge in [-0.3, -0.25) is 19.4 Å². The SMILES string of the molecule is CC(C)(C)OC(=O)N1CCCC1C(=O)N1CCN(CC(=O)N2CCCCC2)CC1. The minimum absolute atomic E-state index is 0.00960. The number of hydrogen-bond acceptors (Lipinski definition) is 5. The Labute approximate surface area is 174 Å². The van der Waals surface area contributed by atoms with Crippen molar-refractivity contribution in [3.05, 3.63) is 0 Å². The van der Waals surface area contributed by atoms with Crippen molar-refractivity contribution in [1.29, 1.82) is 0 Å². The number of piperidine rings is 1. The van der Waals surface area contributed by atoms with Crippen molar-refractivity contribution in [2.75, 3.05) is 52.4 Å². The van der Waals surface area contributed by atoms with Gasteiger partial charge in [0.2, 0.25) is 11.8 Å². The van der Waals surface area contributed by atoms with Crippen LogP contribution in [0.1, 0.15) is 52.9 Å². The Kier molecular flexibility index (Phi) is 7.03. The summed E-state index contributed by atoms with van der Waals surface area (Å²) in [4.78, 5) is 45.5. The number of carbonyl (C=O) groups is 3. The summed E-state index contributed by atoms with van der Waals surface area (Å²) >= 11 is 0. The van der Waals surface area contributed by atoms with Crippen molar-refractivity contribution >= 4 is 17.9 Å². The second-order valence-electron chi connectivity index (χ2n) is 9.37. The van der Waals surface area contributed by atoms with Gasteiger partial charge in [0.25, 0.3) is 0 Å². The lowest BCUT2D eigenvalue weighted by Crippen LogP contribution is -2.56. The average Bonchev–Trinajstić information content (AvgIpc) is 3.17. The van der Waals surface area contributed by atoms with E-state index in [4.69, 9.17) is 4.74 Å². The third-order valence-corrected chi connectivity index (χ3v) is 5.92. The first-order valence-corrected chi connectivity index (χ1v) is 11.0. The summed E-state index contributed by atoms with van der Waals surface area (Å²) in [6.45, 7) is 10.9. The molecule has 8 nitrogen and oxygen atoms in total. The number of nitrogens with zero attached hydrogens (tertiary/aromatic N) is 4. The normalized spacial score (nSPS) is 24.0. The van der Waals surface area contributed by atoms with Gasteiger partial charge in [0, 0.05) is 45.8 Å². The monoisotopic (exact) mass is 408 g/mol. The molecule has 3 aliphatic rings. The van der Waals surface area contributed by atoms with Crippen molar-refractivity contribution in [3.8, 4) is 0 Å². The molecule has 0 spiro atoms. The van der Waals surface area contributed by atoms with Gasteiger partial charge in [0.05, 0.1) is 6.54 Å². The highest BCUT2D eigenvalue weighted by Gasteiger charge is 2.39. The predicted octanol–water partition coefficient (Wildman–Crippen LogP) is 1.54. The molecule has 0 bridgehead atoms. The summed E-state index contributed by atoms with van der Waals surface area (Å²) in [5.41, 5.74) is -0.570. The van der Waals surface area contributed by atoms with Gasteiger partial charge in [0.15, 0.2) is 0 Å². The van der Waals surface area contributed by atoms with Crippen molar-refractivity contribution in [2.24, 2.45) is 0 Å². The highest BCUT2D eigenvalue weighted by atomic mass is 16.6. The fourth-order valence-corrected chi connectivity index (χ4v) is 4.33. The molecule has 3 heterocycles. The van der Waals surface area contributed by atoms with Crippen LogP contribution < -0.4 is 0 Å². The fraction of sp³-hybridized carbons (Fsp3) is 0.857. The smallest absolute Gasteiger partial charge is 0.410 e. The molecule has 0 aliphatic carbocycles. The Morgan fingerprint density at radius 1 is 0.828 bits per heavy atom. The molecule has 0 aromatic rings. The first kappa shape index (κ1) is 21.9. The Hall–Kier alpha value is -1.83. The van der Waals surface area contributed by atoms with E-state index in [1.165, 1.54) is 6.42 Å². The van der Waals surface area contributed by atoms with Gasteiger partial charge in [-0.2, -0.15) is 0 Å². The quantitative estimate of drug-likeness (QED) is 0.708. The van der Waals surface area contributed by atoms with Crippen molar-refractivity contribution in [2.45, 2.75) is 64.5 Å². The first-order valence-electron chi connectivity index (χ1n) is 11.0. The topological polar surface area (TPSA) is 73.4 Å². The summed E-state index contributed by atoms with van der Waals surface area (Å²) in [5.74, 6) is 0.215. The molecule has 3 rings (SSSR count). The molecule has 3 fully saturated rings. The summed E-state index contributed by atoms with van der Waals surface area (Å²) in [7, 11) is 0. The molecular formula is C21H36N4O4. The lowest BCUT2D eigenvalue weighted by Gasteiger charge is -2.38. The number of piperazine rings is 1. The molecule has 3 saturated heterocycles. The zero-order chi connectivity index (χ0) is 21.0. The maximum Gasteiger partial charge on any atom is 0.410 e. The summed E-state index contributed by atoms with van der Waals surface area (Å²) < 4.78 is 5.47. The van der Waals surface area contributed by atoms with Gasteiger partial charge in [-0.15, -0.1) is 0 Å². The average molecular weight is 409 g/mol. The molecule has 1 atom stereocenters. The number of ether oxygens (including phenoxy) is 1. The Morgan fingerprint density at radius 2 is 1.48 bits per heavy atom. The van der Waals surface area contributed by atoms with Gasteiger partial charge < -0.3 is 14.5 Å². The van der Waals surface area contributed by atoms with Crippen LogP contribution in [0.5, 0.6) is 0 Å². The van der Waals surface area contributed by atoms with Crippen LogP contribution in [0.25, 0.3) is 0 Å². The Morgan fingerprint density at radius 3 is 2.10 bits per heavy atom. The number of rotatable bonds is 3. The Balaban J connectivity index is 1.47. The predicted molar refractivity (Wildman–Crippen MR) is 109 cm³/mol. The van der Waals surface area contributed by atoms with Crippen LogP contribution in [-0.4, -0.2) is 102 Å². The minimum Gasteiger partial charge on any atom is -0.444 e. The third kappa shape index (κ3) is 5.84. The minimum atomic E-state index is -0.570. The number of hydrogen-bond donors (Lipinski definition) is 0. The largest absolute Gasteiger partial charge is 0.444 e. The molecule has 0 saturated carbocycles. The second-order valence-corrected chi connectivity index (χ2v) is 9.37. The molecule has 1 unspecified atom stereocenters. The van der Waals surface area contributed by atoms with Crippen LogP contribution in [0.4, 0.5) is 4.79 Å². The third-order valence-electron chi connectivity index (χ3n) is 5.92. The van der Waals surface area contributed by atoms with Gasteiger partial charge in [-0.1, -0.05) is 0 Å². The lowest BCUT2D eigenvalue weighted by molar-refractivity contribution is -0.138. The molecule has 29 heavy (non-hydrogen) atoms. The summed E-state index contributed by atoms with van der Waals surface area (Å²) in [5, 5.41) is 0. The van der Waals surface area contributed by atoms with Crippen LogP contribution in [0.15, 0.2) is 0 Å². The van der Waals surface area contributed by atoms with Gasteiger partial charge in [-0.05, 0) is 52.9 Å². The van der Waals surface area contributed by atoms with E-state index in [1.54, 1.807) is 4.90 Å². The van der Waals surface area contributed by atoms with Crippen LogP contribution in [0.2, 0.25) is 0 Å². The molecule has 3 aliphatic heterocycles. The molecule has 0 aromatic carbocycles. The highest BCUT2D eigenvalue weighted by molar-refractivity contribution is 5.86. The molecule has 0 N–H and O–H groups in total. The van der Waals surface area contributed by atoms with E-state index in [0.717, 1.165) is 32.4 Å². The van der Waals surface area contributed by atoms with E-state index >= 15 is 0 Å². The van der Waals surface area contributed by atoms with E-state index in [-0.39, 0.29) is 11.8 Å². The zero-order valence-corrected chi connectivity index (χ0v) is 18.2. The molecule has 3 amide bonds. The molecular weight excluding hydrogens is 372 g/mol. The standard InChI is InChI=1S/C21H36N4O4/c1-21(2,3)29-20(28)25-11-7-8-17(25)19(27)24-14-12-22(13-15-24)16-18(26)23-9-5-4-6-10-23/h17H,4-16H2,1-3H3. The van der Waals surface area contributed by atoms with E-state index in [1.807, 2.05) is 30.6 Å². The van der Waals surface area contributed by atoms with E-state index in [9.17, 15) is 14.4 Å². The van der Waals surface area contributed by atoms with Crippen LogP contribution in [-0.2, 0) is 14.3 Å². The van der Waals surface area contributed by atoms with Crippen molar-refractivity contribution in [3.63, 3.8) is 0 Å². The summed E-state index contributed by atoms with van der Waals surface area (Å²) in [6, 6.07) is -0.425. The molecule has 8 heteroatoms. The van der Waals surface area contributed by atoms with Crippen LogP contribution >= 0.6 is 0 Å². The van der Waals surface area contributed by atoms with Crippen molar-refractivity contribution in [1.82, 2.24) is 19.6 Å². The van der Waals surface area contributed by atoms with Crippen molar-refractivity contribution < 1.29 is 19.1 Å². The van der Waals surface area contributed by atoms with Crippen LogP contribution in [0, 0.1) is 0 Å². The maximum atomic E-state index is 13.0. The van der Waals surface area contributed by atoms with Gasteiger partial charge in [0.1, 0.15) is 11.6 Å². The van der Waals surface area contributed by atoms with Gasteiger partial charge in [-0.25, -0.2) is 4.79 Å². The zero-order valence-electron chi connectivity index (χ0n) is 18.2. The Bertz CT molecular complexity index is 604. The van der Waals surface area contributed by atoms with E-state index in [0.29, 0.717) is 45.7 Å². The van der Waals surface area contributed by atoms with Gasteiger partial charge >= 0.3 is 6.09 Å². The van der Waals surface area contributed by atoms with Crippen LogP contribution in [0.3, 0.4) is 0 Å². The highest BCUT2D eigenvalue weighted by Crippen LogP contribution is 2.23. The molecule has 0 aromatic heterocycles. The fourth-order valence-electron chi connectivity index (χ4n) is 4.33. The summed E-state index contributed by atoms with van der Waals surface area (Å²) in [6.07, 6.45) is 4.52. The second kappa shape index (κ2) is 9.32. The first-order chi connectivity index (χ1) is 13.7. The van der Waals surface area contributed by atoms with E-state index in [2.05, 4.69) is 4.90 Å². The number of carbonyl (C=O) groups excluding carboxylic acids is 3. The van der Waals surface area contributed by atoms with E-state index < -0.39 is 17.7 Å². The number of amides is 3. The number of likely N-dealkylation sites (tertiary alicyclic amines) is 2. The maximum absolute atomic E-state index is 13.0. The molecule has 164 valence electrons. The lowest BCUT2D eigenvalue weighted by atomic mass is 10.1.